The zero-order chi connectivity index (χ0) is 12.6. The smallest absolute Gasteiger partial charge is 0.261 e. The molecular weight excluding hydrogens is 222 g/mol. The average molecular weight is 235 g/mol. The van der Waals surface area contributed by atoms with Crippen LogP contribution in [0.3, 0.4) is 0 Å². The molecule has 2 rings (SSSR count). The van der Waals surface area contributed by atoms with Crippen molar-refractivity contribution in [3.63, 3.8) is 0 Å². The van der Waals surface area contributed by atoms with E-state index in [4.69, 9.17) is 4.74 Å². The first kappa shape index (κ1) is 11.6. The molecule has 90 valence electrons. The van der Waals surface area contributed by atoms with Crippen molar-refractivity contribution in [2.75, 3.05) is 13.7 Å². The fourth-order valence-electron chi connectivity index (χ4n) is 1.78. The summed E-state index contributed by atoms with van der Waals surface area (Å²) >= 11 is 0. The summed E-state index contributed by atoms with van der Waals surface area (Å²) in [6, 6.07) is 4.17. The Morgan fingerprint density at radius 2 is 1.94 bits per heavy atom. The number of hydrogen-bond acceptors (Lipinski definition) is 4. The molecule has 2 amide bonds. The maximum Gasteiger partial charge on any atom is 0.261 e. The second-order valence-corrected chi connectivity index (χ2v) is 4.00. The molecule has 1 N–H and O–H groups in total. The molecule has 0 aromatic heterocycles. The minimum atomic E-state index is -0.384. The molecule has 1 aliphatic heterocycles. The Balaban J connectivity index is 2.32. The van der Waals surface area contributed by atoms with E-state index in [0.29, 0.717) is 5.56 Å². The van der Waals surface area contributed by atoms with Gasteiger partial charge in [-0.3, -0.25) is 14.5 Å². The highest BCUT2D eigenvalue weighted by Crippen LogP contribution is 2.26. The number of carbonyl (C=O) groups excluding carboxylic acids is 2. The molecule has 0 saturated heterocycles. The molecule has 1 aromatic rings. The number of amides is 2. The maximum absolute atomic E-state index is 11.9. The predicted molar refractivity (Wildman–Crippen MR) is 59.9 cm³/mol. The quantitative estimate of drug-likeness (QED) is 0.794. The van der Waals surface area contributed by atoms with Crippen LogP contribution in [0.25, 0.3) is 0 Å². The molecule has 0 fully saturated rings. The second-order valence-electron chi connectivity index (χ2n) is 4.00. The van der Waals surface area contributed by atoms with Crippen molar-refractivity contribution >= 4 is 11.8 Å². The van der Waals surface area contributed by atoms with E-state index < -0.39 is 0 Å². The number of nitrogens with zero attached hydrogens (tertiary/aromatic N) is 1. The summed E-state index contributed by atoms with van der Waals surface area (Å²) in [6.07, 6.45) is -0.217. The summed E-state index contributed by atoms with van der Waals surface area (Å²) in [5.41, 5.74) is 0.578. The lowest BCUT2D eigenvalue weighted by Crippen LogP contribution is -2.36. The zero-order valence-electron chi connectivity index (χ0n) is 9.64. The molecule has 17 heavy (non-hydrogen) atoms. The van der Waals surface area contributed by atoms with Gasteiger partial charge in [0.25, 0.3) is 11.8 Å². The van der Waals surface area contributed by atoms with Crippen molar-refractivity contribution in [2.24, 2.45) is 0 Å². The van der Waals surface area contributed by atoms with Crippen molar-refractivity contribution in [3.8, 4) is 5.75 Å². The minimum Gasteiger partial charge on any atom is -0.508 e. The topological polar surface area (TPSA) is 66.8 Å². The Kier molecular flexibility index (Phi) is 2.85. The Labute approximate surface area is 98.6 Å². The number of phenols is 1. The second kappa shape index (κ2) is 4.18. The molecule has 1 atom stereocenters. The summed E-state index contributed by atoms with van der Waals surface area (Å²) in [5, 5.41) is 9.31. The van der Waals surface area contributed by atoms with E-state index in [1.165, 1.54) is 25.3 Å². The van der Waals surface area contributed by atoms with Crippen molar-refractivity contribution in [3.05, 3.63) is 29.3 Å². The fraction of sp³-hybridized carbons (Fsp3) is 0.333. The van der Waals surface area contributed by atoms with Gasteiger partial charge in [0.05, 0.1) is 23.8 Å². The standard InChI is InChI=1S/C12H13NO4/c1-7(17-2)6-13-11(15)9-4-3-8(14)5-10(9)12(13)16/h3-5,7,14H,6H2,1-2H3. The number of fused-ring (bicyclic) bond motifs is 1. The van der Waals surface area contributed by atoms with Crippen LogP contribution < -0.4 is 0 Å². The first-order chi connectivity index (χ1) is 8.04. The number of rotatable bonds is 3. The highest BCUT2D eigenvalue weighted by molar-refractivity contribution is 6.21. The lowest BCUT2D eigenvalue weighted by atomic mass is 10.1. The van der Waals surface area contributed by atoms with E-state index in [1.54, 1.807) is 6.92 Å². The van der Waals surface area contributed by atoms with Crippen LogP contribution in [0, 0.1) is 0 Å². The summed E-state index contributed by atoms with van der Waals surface area (Å²) < 4.78 is 5.04. The number of ether oxygens (including phenoxy) is 1. The molecule has 1 heterocycles. The van der Waals surface area contributed by atoms with Crippen molar-refractivity contribution in [1.29, 1.82) is 0 Å². The van der Waals surface area contributed by atoms with Crippen molar-refractivity contribution < 1.29 is 19.4 Å². The van der Waals surface area contributed by atoms with Crippen LogP contribution in [0.4, 0.5) is 0 Å². The summed E-state index contributed by atoms with van der Waals surface area (Å²) in [5.74, 6) is -0.745. The molecule has 1 aliphatic rings. The number of hydrogen-bond donors (Lipinski definition) is 1. The van der Waals surface area contributed by atoms with Crippen LogP contribution in [0.15, 0.2) is 18.2 Å². The Morgan fingerprint density at radius 1 is 1.29 bits per heavy atom. The van der Waals surface area contributed by atoms with E-state index >= 15 is 0 Å². The van der Waals surface area contributed by atoms with Crippen molar-refractivity contribution in [1.82, 2.24) is 4.90 Å². The Bertz CT molecular complexity index is 483. The molecule has 1 unspecified atom stereocenters. The zero-order valence-corrected chi connectivity index (χ0v) is 9.64. The third-order valence-electron chi connectivity index (χ3n) is 2.80. The molecule has 5 nitrogen and oxygen atoms in total. The highest BCUT2D eigenvalue weighted by Gasteiger charge is 2.36. The van der Waals surface area contributed by atoms with E-state index in [2.05, 4.69) is 0 Å². The largest absolute Gasteiger partial charge is 0.508 e. The van der Waals surface area contributed by atoms with Crippen LogP contribution in [-0.4, -0.2) is 41.6 Å². The normalized spacial score (nSPS) is 16.2. The number of phenolic OH excluding ortho intramolecular Hbond substituents is 1. The van der Waals surface area contributed by atoms with Crippen LogP contribution in [0.5, 0.6) is 5.75 Å². The van der Waals surface area contributed by atoms with E-state index in [0.717, 1.165) is 4.90 Å². The van der Waals surface area contributed by atoms with Gasteiger partial charge in [0.1, 0.15) is 5.75 Å². The molecule has 1 aromatic carbocycles. The van der Waals surface area contributed by atoms with Crippen LogP contribution in [-0.2, 0) is 4.74 Å². The number of carbonyl (C=O) groups is 2. The average Bonchev–Trinajstić information content (AvgIpc) is 2.54. The third-order valence-corrected chi connectivity index (χ3v) is 2.80. The minimum absolute atomic E-state index is 0.0217. The van der Waals surface area contributed by atoms with Gasteiger partial charge in [0.15, 0.2) is 0 Å². The summed E-state index contributed by atoms with van der Waals surface area (Å²) in [7, 11) is 1.52. The number of imide groups is 1. The SMILES string of the molecule is COC(C)CN1C(=O)c2ccc(O)cc2C1=O. The molecule has 5 heteroatoms. The van der Waals surface area contributed by atoms with Crippen LogP contribution in [0.1, 0.15) is 27.6 Å². The van der Waals surface area contributed by atoms with Gasteiger partial charge in [-0.05, 0) is 25.1 Å². The first-order valence-electron chi connectivity index (χ1n) is 5.26. The lowest BCUT2D eigenvalue weighted by molar-refractivity contribution is 0.0484. The van der Waals surface area contributed by atoms with E-state index in [-0.39, 0.29) is 35.8 Å². The monoisotopic (exact) mass is 235 g/mol. The van der Waals surface area contributed by atoms with Gasteiger partial charge in [0, 0.05) is 7.11 Å². The number of aromatic hydroxyl groups is 1. The molecular formula is C12H13NO4. The fourth-order valence-corrected chi connectivity index (χ4v) is 1.78. The molecule has 0 bridgehead atoms. The molecule has 0 aliphatic carbocycles. The van der Waals surface area contributed by atoms with Gasteiger partial charge in [-0.25, -0.2) is 0 Å². The lowest BCUT2D eigenvalue weighted by Gasteiger charge is -2.17. The predicted octanol–water partition coefficient (Wildman–Crippen LogP) is 1.02. The number of methoxy groups -OCH3 is 1. The van der Waals surface area contributed by atoms with Crippen LogP contribution in [0.2, 0.25) is 0 Å². The maximum atomic E-state index is 11.9. The number of benzene rings is 1. The molecule has 0 radical (unpaired) electrons. The van der Waals surface area contributed by atoms with Gasteiger partial charge in [-0.15, -0.1) is 0 Å². The van der Waals surface area contributed by atoms with E-state index in [9.17, 15) is 14.7 Å². The first-order valence-corrected chi connectivity index (χ1v) is 5.26. The van der Waals surface area contributed by atoms with Crippen LogP contribution >= 0.6 is 0 Å². The summed E-state index contributed by atoms with van der Waals surface area (Å²) in [6.45, 7) is 1.99. The highest BCUT2D eigenvalue weighted by atomic mass is 16.5. The summed E-state index contributed by atoms with van der Waals surface area (Å²) in [4.78, 5) is 25.0. The Hall–Kier alpha value is -1.88. The van der Waals surface area contributed by atoms with Gasteiger partial charge in [0.2, 0.25) is 0 Å². The molecule has 0 spiro atoms. The molecule has 0 saturated carbocycles. The third kappa shape index (κ3) is 1.89. The van der Waals surface area contributed by atoms with Gasteiger partial charge < -0.3 is 9.84 Å². The van der Waals surface area contributed by atoms with Gasteiger partial charge in [-0.2, -0.15) is 0 Å². The van der Waals surface area contributed by atoms with Gasteiger partial charge >= 0.3 is 0 Å². The Morgan fingerprint density at radius 3 is 2.59 bits per heavy atom. The van der Waals surface area contributed by atoms with Gasteiger partial charge in [-0.1, -0.05) is 0 Å². The van der Waals surface area contributed by atoms with E-state index in [1.807, 2.05) is 0 Å². The van der Waals surface area contributed by atoms with Crippen molar-refractivity contribution in [2.45, 2.75) is 13.0 Å².